The molecule has 0 bridgehead atoms. The zero-order valence-corrected chi connectivity index (χ0v) is 12.8. The number of aromatic nitrogens is 1. The van der Waals surface area contributed by atoms with E-state index in [0.717, 1.165) is 11.3 Å². The first-order valence-electron chi connectivity index (χ1n) is 7.44. The molecule has 2 aromatic carbocycles. The van der Waals surface area contributed by atoms with E-state index in [4.69, 9.17) is 5.11 Å². The molecule has 0 saturated heterocycles. The summed E-state index contributed by atoms with van der Waals surface area (Å²) in [6.45, 7) is 0. The van der Waals surface area contributed by atoms with Crippen LogP contribution in [0.3, 0.4) is 0 Å². The average Bonchev–Trinajstić information content (AvgIpc) is 2.64. The van der Waals surface area contributed by atoms with Crippen LogP contribution in [0.15, 0.2) is 89.2 Å². The molecule has 5 nitrogen and oxygen atoms in total. The molecule has 3 aromatic rings. The van der Waals surface area contributed by atoms with Crippen molar-refractivity contribution in [2.75, 3.05) is 0 Å². The number of azo groups is 1. The predicted molar refractivity (Wildman–Crippen MR) is 90.4 cm³/mol. The molecule has 0 aliphatic carbocycles. The van der Waals surface area contributed by atoms with E-state index in [1.54, 1.807) is 18.3 Å². The Kier molecular flexibility index (Phi) is 4.72. The maximum Gasteiger partial charge on any atom is 0.335 e. The molecule has 1 unspecified atom stereocenters. The van der Waals surface area contributed by atoms with Crippen LogP contribution >= 0.6 is 0 Å². The predicted octanol–water partition coefficient (Wildman–Crippen LogP) is 4.65. The average molecular weight is 317 g/mol. The molecule has 1 N–H and O–H groups in total. The Bertz CT molecular complexity index is 792. The van der Waals surface area contributed by atoms with Gasteiger partial charge in [-0.05, 0) is 42.0 Å². The molecule has 5 heteroatoms. The van der Waals surface area contributed by atoms with Crippen molar-refractivity contribution in [1.29, 1.82) is 0 Å². The van der Waals surface area contributed by atoms with E-state index in [0.29, 0.717) is 5.69 Å². The van der Waals surface area contributed by atoms with Gasteiger partial charge in [-0.1, -0.05) is 36.4 Å². The van der Waals surface area contributed by atoms with E-state index in [1.165, 1.54) is 12.1 Å². The summed E-state index contributed by atoms with van der Waals surface area (Å²) in [5.41, 5.74) is 2.60. The van der Waals surface area contributed by atoms with Gasteiger partial charge in [-0.2, -0.15) is 10.2 Å². The Hall–Kier alpha value is -3.34. The van der Waals surface area contributed by atoms with Crippen molar-refractivity contribution < 1.29 is 9.90 Å². The lowest BCUT2D eigenvalue weighted by Crippen LogP contribution is -1.99. The van der Waals surface area contributed by atoms with E-state index in [-0.39, 0.29) is 11.6 Å². The van der Waals surface area contributed by atoms with Crippen molar-refractivity contribution in [1.82, 2.24) is 4.98 Å². The van der Waals surface area contributed by atoms with Crippen LogP contribution in [0.1, 0.15) is 27.7 Å². The summed E-state index contributed by atoms with van der Waals surface area (Å²) in [6, 6.07) is 21.4. The molecule has 0 amide bonds. The zero-order valence-electron chi connectivity index (χ0n) is 12.8. The number of nitrogens with zero attached hydrogens (tertiary/aromatic N) is 3. The molecule has 0 fully saturated rings. The fourth-order valence-corrected chi connectivity index (χ4v) is 2.26. The summed E-state index contributed by atoms with van der Waals surface area (Å²) in [5, 5.41) is 17.6. The molecule has 0 saturated carbocycles. The highest BCUT2D eigenvalue weighted by Gasteiger charge is 2.14. The van der Waals surface area contributed by atoms with Gasteiger partial charge in [-0.25, -0.2) is 4.79 Å². The summed E-state index contributed by atoms with van der Waals surface area (Å²) in [7, 11) is 0. The molecule has 0 aliphatic rings. The number of pyridine rings is 1. The summed E-state index contributed by atoms with van der Waals surface area (Å²) >= 11 is 0. The van der Waals surface area contributed by atoms with Gasteiger partial charge in [0.2, 0.25) is 0 Å². The second-order valence-corrected chi connectivity index (χ2v) is 5.14. The van der Waals surface area contributed by atoms with E-state index >= 15 is 0 Å². The molecule has 24 heavy (non-hydrogen) atoms. The number of rotatable bonds is 5. The quantitative estimate of drug-likeness (QED) is 0.696. The number of carboxylic acid groups (broad SMARTS) is 1. The minimum Gasteiger partial charge on any atom is -0.478 e. The molecule has 0 aliphatic heterocycles. The lowest BCUT2D eigenvalue weighted by atomic mass is 10.0. The Morgan fingerprint density at radius 1 is 0.917 bits per heavy atom. The molecule has 1 aromatic heterocycles. The van der Waals surface area contributed by atoms with Gasteiger partial charge in [0, 0.05) is 6.20 Å². The minimum atomic E-state index is -0.964. The normalized spacial score (nSPS) is 12.2. The van der Waals surface area contributed by atoms with Crippen molar-refractivity contribution in [3.05, 3.63) is 95.8 Å². The van der Waals surface area contributed by atoms with Crippen LogP contribution in [-0.4, -0.2) is 16.1 Å². The first-order chi connectivity index (χ1) is 11.7. The van der Waals surface area contributed by atoms with Gasteiger partial charge in [-0.3, -0.25) is 4.98 Å². The Balaban J connectivity index is 1.90. The molecular weight excluding hydrogens is 302 g/mol. The topological polar surface area (TPSA) is 74.9 Å². The fourth-order valence-electron chi connectivity index (χ4n) is 2.26. The molecule has 0 spiro atoms. The lowest BCUT2D eigenvalue weighted by Gasteiger charge is -2.11. The number of hydrogen-bond donors (Lipinski definition) is 1. The van der Waals surface area contributed by atoms with Crippen LogP contribution in [0, 0.1) is 0 Å². The van der Waals surface area contributed by atoms with Gasteiger partial charge in [0.1, 0.15) is 6.04 Å². The van der Waals surface area contributed by atoms with Gasteiger partial charge in [0.15, 0.2) is 0 Å². The zero-order chi connectivity index (χ0) is 16.8. The Morgan fingerprint density at radius 2 is 1.62 bits per heavy atom. The van der Waals surface area contributed by atoms with Gasteiger partial charge in [0.05, 0.1) is 16.9 Å². The smallest absolute Gasteiger partial charge is 0.335 e. The van der Waals surface area contributed by atoms with Crippen molar-refractivity contribution in [2.45, 2.75) is 6.04 Å². The molecular formula is C19H15N3O2. The summed E-state index contributed by atoms with van der Waals surface area (Å²) < 4.78 is 0. The highest BCUT2D eigenvalue weighted by atomic mass is 16.4. The standard InChI is InChI=1S/C19H15N3O2/c23-19(24)15-9-11-16(12-10-15)21-22-18(14-6-2-1-3-7-14)17-8-4-5-13-20-17/h1-13,18H,(H,23,24). The maximum atomic E-state index is 10.9. The van der Waals surface area contributed by atoms with E-state index in [1.807, 2.05) is 48.5 Å². The van der Waals surface area contributed by atoms with Gasteiger partial charge in [-0.15, -0.1) is 0 Å². The third kappa shape index (κ3) is 3.70. The van der Waals surface area contributed by atoms with Crippen molar-refractivity contribution in [3.63, 3.8) is 0 Å². The van der Waals surface area contributed by atoms with Crippen LogP contribution in [-0.2, 0) is 0 Å². The molecule has 1 heterocycles. The highest BCUT2D eigenvalue weighted by Crippen LogP contribution is 2.26. The van der Waals surface area contributed by atoms with Crippen LogP contribution in [0.5, 0.6) is 0 Å². The number of carbonyl (C=O) groups is 1. The molecule has 0 radical (unpaired) electrons. The van der Waals surface area contributed by atoms with Gasteiger partial charge < -0.3 is 5.11 Å². The minimum absolute atomic E-state index is 0.221. The first kappa shape index (κ1) is 15.6. The van der Waals surface area contributed by atoms with Crippen molar-refractivity contribution in [2.24, 2.45) is 10.2 Å². The van der Waals surface area contributed by atoms with Crippen LogP contribution in [0.2, 0.25) is 0 Å². The number of aromatic carboxylic acids is 1. The summed E-state index contributed by atoms with van der Waals surface area (Å²) in [6.07, 6.45) is 1.72. The third-order valence-electron chi connectivity index (χ3n) is 3.49. The number of benzene rings is 2. The SMILES string of the molecule is O=C(O)c1ccc(N=NC(c2ccccc2)c2ccccn2)cc1. The van der Waals surface area contributed by atoms with Crippen LogP contribution in [0.4, 0.5) is 5.69 Å². The summed E-state index contributed by atoms with van der Waals surface area (Å²) in [5.74, 6) is -0.964. The first-order valence-corrected chi connectivity index (χ1v) is 7.44. The van der Waals surface area contributed by atoms with E-state index < -0.39 is 5.97 Å². The van der Waals surface area contributed by atoms with Crippen LogP contribution in [0.25, 0.3) is 0 Å². The van der Waals surface area contributed by atoms with Crippen molar-refractivity contribution in [3.8, 4) is 0 Å². The lowest BCUT2D eigenvalue weighted by molar-refractivity contribution is 0.0697. The Labute approximate surface area is 139 Å². The highest BCUT2D eigenvalue weighted by molar-refractivity contribution is 5.87. The monoisotopic (exact) mass is 317 g/mol. The third-order valence-corrected chi connectivity index (χ3v) is 3.49. The number of carboxylic acids is 1. The van der Waals surface area contributed by atoms with Crippen LogP contribution < -0.4 is 0 Å². The van der Waals surface area contributed by atoms with Gasteiger partial charge in [0.25, 0.3) is 0 Å². The van der Waals surface area contributed by atoms with E-state index in [2.05, 4.69) is 15.2 Å². The Morgan fingerprint density at radius 3 is 2.25 bits per heavy atom. The molecule has 118 valence electrons. The number of hydrogen-bond acceptors (Lipinski definition) is 4. The van der Waals surface area contributed by atoms with Gasteiger partial charge >= 0.3 is 5.97 Å². The molecule has 3 rings (SSSR count). The molecule has 1 atom stereocenters. The van der Waals surface area contributed by atoms with E-state index in [9.17, 15) is 4.79 Å². The van der Waals surface area contributed by atoms with Crippen molar-refractivity contribution >= 4 is 11.7 Å². The summed E-state index contributed by atoms with van der Waals surface area (Å²) in [4.78, 5) is 15.3. The fraction of sp³-hybridized carbons (Fsp3) is 0.0526. The largest absolute Gasteiger partial charge is 0.478 e. The second kappa shape index (κ2) is 7.28. The maximum absolute atomic E-state index is 10.9. The second-order valence-electron chi connectivity index (χ2n) is 5.14.